The molecule has 10 heavy (non-hydrogen) atoms. The topological polar surface area (TPSA) is 20.2 Å². The molecule has 0 amide bonds. The highest BCUT2D eigenvalue weighted by Crippen LogP contribution is 1.96. The summed E-state index contributed by atoms with van der Waals surface area (Å²) in [7, 11) is 0.480. The minimum Gasteiger partial charge on any atom is -1.00 e. The lowest BCUT2D eigenvalue weighted by Gasteiger charge is -1.98. The largest absolute Gasteiger partial charge is 1.00 e. The van der Waals surface area contributed by atoms with E-state index in [4.69, 9.17) is 5.11 Å². The van der Waals surface area contributed by atoms with Crippen LogP contribution in [0.2, 0.25) is 0 Å². The van der Waals surface area contributed by atoms with Gasteiger partial charge in [-0.05, 0) is 17.3 Å². The lowest BCUT2D eigenvalue weighted by atomic mass is 10.4. The van der Waals surface area contributed by atoms with Crippen LogP contribution in [0.4, 0.5) is 0 Å². The molecule has 1 atom stereocenters. The molecule has 1 N–H and O–H groups in total. The van der Waals surface area contributed by atoms with E-state index in [1.807, 2.05) is 0 Å². The number of unbranched alkanes of at least 4 members (excludes halogenated alkanes) is 1. The molecule has 0 spiro atoms. The lowest BCUT2D eigenvalue weighted by Crippen LogP contribution is -3.00. The van der Waals surface area contributed by atoms with E-state index < -0.39 is 0 Å². The number of hydrogen-bond donors (Lipinski definition) is 1. The van der Waals surface area contributed by atoms with Crippen molar-refractivity contribution < 1.29 is 22.1 Å². The van der Waals surface area contributed by atoms with E-state index in [0.717, 1.165) is 5.75 Å². The van der Waals surface area contributed by atoms with Crippen molar-refractivity contribution in [2.45, 2.75) is 19.8 Å². The van der Waals surface area contributed by atoms with E-state index in [1.54, 1.807) is 0 Å². The molecule has 0 bridgehead atoms. The summed E-state index contributed by atoms with van der Waals surface area (Å²) in [6, 6.07) is 0. The molecule has 1 nitrogen and oxygen atoms in total. The summed E-state index contributed by atoms with van der Waals surface area (Å²) in [6.07, 6.45) is 4.83. The maximum atomic E-state index is 8.54. The van der Waals surface area contributed by atoms with Crippen molar-refractivity contribution >= 4 is 10.9 Å². The number of halogens is 1. The molecule has 3 heteroatoms. The predicted octanol–water partition coefficient (Wildman–Crippen LogP) is -1.97. The Kier molecular flexibility index (Phi) is 13.1. The van der Waals surface area contributed by atoms with E-state index >= 15 is 0 Å². The quantitative estimate of drug-likeness (QED) is 0.542. The fourth-order valence-corrected chi connectivity index (χ4v) is 1.95. The number of aliphatic hydroxyl groups excluding tert-OH is 1. The van der Waals surface area contributed by atoms with Gasteiger partial charge in [0.1, 0.15) is 11.5 Å². The van der Waals surface area contributed by atoms with E-state index in [-0.39, 0.29) is 17.0 Å². The first-order chi connectivity index (χ1) is 4.31. The van der Waals surface area contributed by atoms with Gasteiger partial charge in [0.25, 0.3) is 0 Å². The normalized spacial score (nSPS) is 12.3. The average molecular weight is 229 g/mol. The van der Waals surface area contributed by atoms with Crippen molar-refractivity contribution in [3.05, 3.63) is 0 Å². The maximum Gasteiger partial charge on any atom is 0.130 e. The highest BCUT2D eigenvalue weighted by atomic mass is 79.9. The molecule has 0 aromatic heterocycles. The Balaban J connectivity index is 0. The summed E-state index contributed by atoms with van der Waals surface area (Å²) in [5, 5.41) is 8.54. The van der Waals surface area contributed by atoms with Crippen molar-refractivity contribution in [3.8, 4) is 0 Å². The second-order valence-corrected chi connectivity index (χ2v) is 4.65. The molecule has 0 aromatic rings. The summed E-state index contributed by atoms with van der Waals surface area (Å²) in [6.45, 7) is 2.57. The van der Waals surface area contributed by atoms with Crippen LogP contribution in [0.1, 0.15) is 19.8 Å². The van der Waals surface area contributed by atoms with Crippen LogP contribution in [0.5, 0.6) is 0 Å². The van der Waals surface area contributed by atoms with Crippen molar-refractivity contribution in [2.75, 3.05) is 24.4 Å². The summed E-state index contributed by atoms with van der Waals surface area (Å²) in [5.41, 5.74) is 0. The summed E-state index contributed by atoms with van der Waals surface area (Å²) in [5.74, 6) is 2.30. The van der Waals surface area contributed by atoms with E-state index in [2.05, 4.69) is 13.2 Å². The highest BCUT2D eigenvalue weighted by Gasteiger charge is 2.06. The standard InChI is InChI=1S/C7H17OS.BrH/c1-3-4-6-9(2)7-5-8;/h8H,3-7H2,1-2H3;1H/q+1;/p-1. The molecule has 0 radical (unpaired) electrons. The molecule has 0 aliphatic rings. The van der Waals surface area contributed by atoms with Gasteiger partial charge in [-0.1, -0.05) is 13.3 Å². The lowest BCUT2D eigenvalue weighted by molar-refractivity contribution is -0.00000323. The smallest absolute Gasteiger partial charge is 0.130 e. The molecule has 0 rings (SSSR count). The number of aliphatic hydroxyl groups is 1. The second-order valence-electron chi connectivity index (χ2n) is 2.27. The first kappa shape index (κ1) is 13.4. The van der Waals surface area contributed by atoms with Gasteiger partial charge in [0.15, 0.2) is 0 Å². The molecule has 1 unspecified atom stereocenters. The molecule has 0 saturated heterocycles. The van der Waals surface area contributed by atoms with E-state index in [9.17, 15) is 0 Å². The maximum absolute atomic E-state index is 8.54. The number of rotatable bonds is 5. The Morgan fingerprint density at radius 2 is 1.90 bits per heavy atom. The van der Waals surface area contributed by atoms with Gasteiger partial charge in [-0.15, -0.1) is 0 Å². The van der Waals surface area contributed by atoms with Gasteiger partial charge in [0, 0.05) is 0 Å². The summed E-state index contributed by atoms with van der Waals surface area (Å²) >= 11 is 0. The molecular formula is C7H17BrOS. The molecular weight excluding hydrogens is 212 g/mol. The van der Waals surface area contributed by atoms with Gasteiger partial charge in [-0.3, -0.25) is 0 Å². The van der Waals surface area contributed by atoms with Gasteiger partial charge in [0.05, 0.1) is 12.9 Å². The van der Waals surface area contributed by atoms with Gasteiger partial charge < -0.3 is 22.1 Å². The Bertz CT molecular complexity index is 61.6. The minimum absolute atomic E-state index is 0. The third-order valence-electron chi connectivity index (χ3n) is 1.29. The molecule has 0 aromatic carbocycles. The van der Waals surface area contributed by atoms with Gasteiger partial charge in [-0.2, -0.15) is 0 Å². The Hall–Kier alpha value is 0.790. The van der Waals surface area contributed by atoms with Crippen LogP contribution in [0, 0.1) is 0 Å². The van der Waals surface area contributed by atoms with E-state index in [1.165, 1.54) is 18.6 Å². The highest BCUT2D eigenvalue weighted by molar-refractivity contribution is 7.96. The van der Waals surface area contributed by atoms with Crippen LogP contribution < -0.4 is 17.0 Å². The molecule has 0 heterocycles. The second kappa shape index (κ2) is 9.79. The van der Waals surface area contributed by atoms with Crippen LogP contribution in [-0.2, 0) is 10.9 Å². The minimum atomic E-state index is 0. The monoisotopic (exact) mass is 228 g/mol. The molecule has 64 valence electrons. The Morgan fingerprint density at radius 3 is 2.30 bits per heavy atom. The fraction of sp³-hybridized carbons (Fsp3) is 1.00. The van der Waals surface area contributed by atoms with Crippen molar-refractivity contribution in [1.82, 2.24) is 0 Å². The van der Waals surface area contributed by atoms with Crippen molar-refractivity contribution in [1.29, 1.82) is 0 Å². The summed E-state index contributed by atoms with van der Waals surface area (Å²) < 4.78 is 0. The number of hydrogen-bond acceptors (Lipinski definition) is 1. The third kappa shape index (κ3) is 8.79. The zero-order chi connectivity index (χ0) is 7.11. The zero-order valence-corrected chi connectivity index (χ0v) is 9.17. The molecule has 0 saturated carbocycles. The van der Waals surface area contributed by atoms with Crippen LogP contribution in [-0.4, -0.2) is 29.5 Å². The molecule has 0 aliphatic carbocycles. The Morgan fingerprint density at radius 1 is 1.30 bits per heavy atom. The van der Waals surface area contributed by atoms with E-state index in [0.29, 0.717) is 17.5 Å². The Labute approximate surface area is 77.3 Å². The van der Waals surface area contributed by atoms with Crippen LogP contribution in [0.25, 0.3) is 0 Å². The van der Waals surface area contributed by atoms with Crippen LogP contribution in [0.15, 0.2) is 0 Å². The predicted molar refractivity (Wildman–Crippen MR) is 45.0 cm³/mol. The van der Waals surface area contributed by atoms with Crippen LogP contribution in [0.3, 0.4) is 0 Å². The van der Waals surface area contributed by atoms with Crippen LogP contribution >= 0.6 is 0 Å². The molecule has 0 fully saturated rings. The zero-order valence-electron chi connectivity index (χ0n) is 6.77. The molecule has 0 aliphatic heterocycles. The SMILES string of the molecule is CCCC[S+](C)CCO.[Br-]. The average Bonchev–Trinajstić information content (AvgIpc) is 1.85. The first-order valence-corrected chi connectivity index (χ1v) is 5.48. The van der Waals surface area contributed by atoms with Gasteiger partial charge in [0.2, 0.25) is 0 Å². The summed E-state index contributed by atoms with van der Waals surface area (Å²) in [4.78, 5) is 0. The van der Waals surface area contributed by atoms with Gasteiger partial charge >= 0.3 is 0 Å². The third-order valence-corrected chi connectivity index (χ3v) is 3.15. The van der Waals surface area contributed by atoms with Gasteiger partial charge in [-0.25, -0.2) is 0 Å². The first-order valence-electron chi connectivity index (χ1n) is 3.51. The van der Waals surface area contributed by atoms with Crippen molar-refractivity contribution in [3.63, 3.8) is 0 Å². The van der Waals surface area contributed by atoms with Crippen molar-refractivity contribution in [2.24, 2.45) is 0 Å². The fourth-order valence-electron chi connectivity index (χ4n) is 0.649.